The predicted molar refractivity (Wildman–Crippen MR) is 79.7 cm³/mol. The van der Waals surface area contributed by atoms with Crippen LogP contribution < -0.4 is 5.32 Å². The third-order valence-electron chi connectivity index (χ3n) is 4.31. The molecule has 20 heavy (non-hydrogen) atoms. The van der Waals surface area contributed by atoms with Crippen molar-refractivity contribution in [1.29, 1.82) is 0 Å². The summed E-state index contributed by atoms with van der Waals surface area (Å²) < 4.78 is 7.19. The van der Waals surface area contributed by atoms with Gasteiger partial charge in [-0.1, -0.05) is 19.8 Å². The molecule has 5 heteroatoms. The van der Waals surface area contributed by atoms with Crippen LogP contribution in [0.25, 0.3) is 0 Å². The minimum atomic E-state index is 0.367. The van der Waals surface area contributed by atoms with E-state index in [0.29, 0.717) is 5.41 Å². The molecule has 1 aromatic rings. The van der Waals surface area contributed by atoms with Gasteiger partial charge in [-0.25, -0.2) is 4.98 Å². The number of hydrogen-bond acceptors (Lipinski definition) is 4. The molecule has 1 N–H and O–H groups in total. The summed E-state index contributed by atoms with van der Waals surface area (Å²) in [5, 5.41) is 7.90. The number of ether oxygens (including phenoxy) is 1. The monoisotopic (exact) mass is 280 g/mol. The molecule has 5 nitrogen and oxygen atoms in total. The lowest BCUT2D eigenvalue weighted by Crippen LogP contribution is -2.36. The first-order chi connectivity index (χ1) is 9.79. The molecule has 1 saturated carbocycles. The maximum Gasteiger partial charge on any atom is 0.138 e. The third-order valence-corrected chi connectivity index (χ3v) is 4.31. The van der Waals surface area contributed by atoms with E-state index in [2.05, 4.69) is 27.0 Å². The van der Waals surface area contributed by atoms with Crippen LogP contribution in [0.5, 0.6) is 0 Å². The van der Waals surface area contributed by atoms with E-state index in [9.17, 15) is 0 Å². The highest BCUT2D eigenvalue weighted by Crippen LogP contribution is 2.40. The van der Waals surface area contributed by atoms with Crippen molar-refractivity contribution in [2.24, 2.45) is 5.41 Å². The van der Waals surface area contributed by atoms with Crippen LogP contribution in [-0.4, -0.2) is 41.6 Å². The van der Waals surface area contributed by atoms with Gasteiger partial charge in [0.2, 0.25) is 0 Å². The van der Waals surface area contributed by atoms with Gasteiger partial charge in [0, 0.05) is 33.2 Å². The Balaban J connectivity index is 1.95. The molecule has 1 fully saturated rings. The normalized spacial score (nSPS) is 17.7. The Morgan fingerprint density at radius 2 is 2.20 bits per heavy atom. The lowest BCUT2D eigenvalue weighted by molar-refractivity contribution is 0.189. The molecule has 0 bridgehead atoms. The lowest BCUT2D eigenvalue weighted by atomic mass is 9.82. The van der Waals surface area contributed by atoms with Crippen molar-refractivity contribution < 1.29 is 4.74 Å². The molecule has 1 heterocycles. The van der Waals surface area contributed by atoms with E-state index in [1.807, 2.05) is 0 Å². The molecule has 0 unspecified atom stereocenters. The molecule has 114 valence electrons. The Hall–Kier alpha value is -0.940. The molecule has 1 aliphatic carbocycles. The molecule has 0 amide bonds. The quantitative estimate of drug-likeness (QED) is 0.703. The first-order valence-electron chi connectivity index (χ1n) is 7.86. The van der Waals surface area contributed by atoms with Crippen molar-refractivity contribution >= 4 is 0 Å². The number of hydrogen-bond donors (Lipinski definition) is 1. The van der Waals surface area contributed by atoms with E-state index in [0.717, 1.165) is 44.9 Å². The molecule has 0 aromatic carbocycles. The topological polar surface area (TPSA) is 52.0 Å². The fourth-order valence-electron chi connectivity index (χ4n) is 3.23. The van der Waals surface area contributed by atoms with E-state index in [-0.39, 0.29) is 0 Å². The number of methoxy groups -OCH3 is 1. The second-order valence-electron chi connectivity index (χ2n) is 5.95. The van der Waals surface area contributed by atoms with Crippen LogP contribution in [0.4, 0.5) is 0 Å². The van der Waals surface area contributed by atoms with Gasteiger partial charge in [0.05, 0.1) is 6.61 Å². The zero-order valence-electron chi connectivity index (χ0n) is 12.9. The highest BCUT2D eigenvalue weighted by molar-refractivity contribution is 4.97. The molecule has 0 spiro atoms. The van der Waals surface area contributed by atoms with Gasteiger partial charge < -0.3 is 10.1 Å². The first-order valence-corrected chi connectivity index (χ1v) is 7.86. The van der Waals surface area contributed by atoms with Gasteiger partial charge in [0.25, 0.3) is 0 Å². The maximum absolute atomic E-state index is 5.11. The summed E-state index contributed by atoms with van der Waals surface area (Å²) >= 11 is 0. The van der Waals surface area contributed by atoms with Crippen LogP contribution in [0, 0.1) is 5.41 Å². The Labute approximate surface area is 122 Å². The smallest absolute Gasteiger partial charge is 0.138 e. The number of aryl methyl sites for hydroxylation is 1. The van der Waals surface area contributed by atoms with Gasteiger partial charge in [-0.15, -0.1) is 0 Å². The van der Waals surface area contributed by atoms with Crippen molar-refractivity contribution in [2.45, 2.75) is 52.0 Å². The van der Waals surface area contributed by atoms with E-state index in [1.54, 1.807) is 13.4 Å². The maximum atomic E-state index is 5.11. The van der Waals surface area contributed by atoms with Crippen molar-refractivity contribution in [2.75, 3.05) is 26.8 Å². The second kappa shape index (κ2) is 7.74. The van der Waals surface area contributed by atoms with Crippen LogP contribution in [-0.2, 0) is 17.7 Å². The van der Waals surface area contributed by atoms with Crippen molar-refractivity contribution in [3.05, 3.63) is 12.2 Å². The first kappa shape index (κ1) is 15.4. The molecule has 0 aliphatic heterocycles. The minimum absolute atomic E-state index is 0.367. The van der Waals surface area contributed by atoms with Gasteiger partial charge in [-0.3, -0.25) is 4.68 Å². The molecule has 0 atom stereocenters. The van der Waals surface area contributed by atoms with Gasteiger partial charge in [-0.05, 0) is 24.7 Å². The van der Waals surface area contributed by atoms with Crippen molar-refractivity contribution in [3.63, 3.8) is 0 Å². The average molecular weight is 280 g/mol. The van der Waals surface area contributed by atoms with Crippen LogP contribution >= 0.6 is 0 Å². The Morgan fingerprint density at radius 3 is 2.90 bits per heavy atom. The van der Waals surface area contributed by atoms with E-state index in [1.165, 1.54) is 25.7 Å². The molecule has 2 rings (SSSR count). The summed E-state index contributed by atoms with van der Waals surface area (Å²) in [4.78, 5) is 4.49. The van der Waals surface area contributed by atoms with Crippen LogP contribution in [0.2, 0.25) is 0 Å². The fourth-order valence-corrected chi connectivity index (χ4v) is 3.23. The minimum Gasteiger partial charge on any atom is -0.383 e. The summed E-state index contributed by atoms with van der Waals surface area (Å²) in [6.07, 6.45) is 9.13. The standard InChI is InChI=1S/C15H28N4O/c1-3-9-19-14(17-13-18-19)11-15(6-4-5-7-15)12-16-8-10-20-2/h13,16H,3-12H2,1-2H3. The highest BCUT2D eigenvalue weighted by Gasteiger charge is 2.35. The van der Waals surface area contributed by atoms with Crippen LogP contribution in [0.3, 0.4) is 0 Å². The zero-order chi connectivity index (χ0) is 14.3. The van der Waals surface area contributed by atoms with E-state index in [4.69, 9.17) is 4.74 Å². The zero-order valence-corrected chi connectivity index (χ0v) is 12.9. The van der Waals surface area contributed by atoms with Crippen LogP contribution in [0.1, 0.15) is 44.9 Å². The number of nitrogens with zero attached hydrogens (tertiary/aromatic N) is 3. The molecular weight excluding hydrogens is 252 g/mol. The Bertz CT molecular complexity index is 385. The summed E-state index contributed by atoms with van der Waals surface area (Å²) in [6.45, 7) is 5.93. The third kappa shape index (κ3) is 4.03. The summed E-state index contributed by atoms with van der Waals surface area (Å²) in [5.74, 6) is 1.15. The molecule has 1 aromatic heterocycles. The summed E-state index contributed by atoms with van der Waals surface area (Å²) in [7, 11) is 1.75. The van der Waals surface area contributed by atoms with Crippen molar-refractivity contribution in [3.8, 4) is 0 Å². The molecule has 0 saturated heterocycles. The van der Waals surface area contributed by atoms with E-state index >= 15 is 0 Å². The predicted octanol–water partition coefficient (Wildman–Crippen LogP) is 2.03. The van der Waals surface area contributed by atoms with Gasteiger partial charge in [0.15, 0.2) is 0 Å². The fraction of sp³-hybridized carbons (Fsp3) is 0.867. The highest BCUT2D eigenvalue weighted by atomic mass is 16.5. The van der Waals surface area contributed by atoms with Gasteiger partial charge in [-0.2, -0.15) is 5.10 Å². The van der Waals surface area contributed by atoms with Gasteiger partial charge in [0.1, 0.15) is 12.2 Å². The molecule has 0 radical (unpaired) electrons. The Morgan fingerprint density at radius 1 is 1.40 bits per heavy atom. The van der Waals surface area contributed by atoms with Crippen molar-refractivity contribution in [1.82, 2.24) is 20.1 Å². The summed E-state index contributed by atoms with van der Waals surface area (Å²) in [6, 6.07) is 0. The van der Waals surface area contributed by atoms with E-state index < -0.39 is 0 Å². The summed E-state index contributed by atoms with van der Waals surface area (Å²) in [5.41, 5.74) is 0.367. The number of nitrogens with one attached hydrogen (secondary N) is 1. The van der Waals surface area contributed by atoms with Gasteiger partial charge >= 0.3 is 0 Å². The Kier molecular flexibility index (Phi) is 5.98. The SMILES string of the molecule is CCCn1ncnc1CC1(CNCCOC)CCCC1. The number of rotatable bonds is 9. The van der Waals surface area contributed by atoms with Crippen LogP contribution in [0.15, 0.2) is 6.33 Å². The molecule has 1 aliphatic rings. The second-order valence-corrected chi connectivity index (χ2v) is 5.95. The largest absolute Gasteiger partial charge is 0.383 e. The lowest BCUT2D eigenvalue weighted by Gasteiger charge is -2.29. The average Bonchev–Trinajstić information content (AvgIpc) is 3.07. The number of aromatic nitrogens is 3. The molecular formula is C15H28N4O.